The van der Waals surface area contributed by atoms with Gasteiger partial charge in [-0.05, 0) is 108 Å². The first-order valence-corrected chi connectivity index (χ1v) is 11.9. The molecule has 1 atom stereocenters. The third-order valence-electron chi connectivity index (χ3n) is 6.29. The van der Waals surface area contributed by atoms with Crippen LogP contribution in [0.5, 0.6) is 5.75 Å². The number of likely N-dealkylation sites (tertiary alicyclic amines) is 2. The molecule has 2 N–H and O–H groups in total. The number of nitrogens with zero attached hydrogens (tertiary/aromatic N) is 2. The smallest absolute Gasteiger partial charge is 0.314 e. The van der Waals surface area contributed by atoms with Crippen LogP contribution in [0.15, 0.2) is 22.7 Å². The van der Waals surface area contributed by atoms with Crippen LogP contribution in [0.1, 0.15) is 51.5 Å². The molecule has 1 unspecified atom stereocenters. The predicted octanol–water partition coefficient (Wildman–Crippen LogP) is 4.67. The first-order chi connectivity index (χ1) is 13.9. The van der Waals surface area contributed by atoms with E-state index in [1.54, 1.807) is 0 Å². The van der Waals surface area contributed by atoms with E-state index < -0.39 is 0 Å². The molecule has 0 bridgehead atoms. The molecule has 5 nitrogen and oxygen atoms in total. The summed E-state index contributed by atoms with van der Waals surface area (Å²) in [5, 5.41) is 0. The van der Waals surface area contributed by atoms with Gasteiger partial charge in [0.15, 0.2) is 0 Å². The Balaban J connectivity index is 1.42. The number of primary amides is 1. The van der Waals surface area contributed by atoms with Crippen LogP contribution in [-0.4, -0.2) is 54.7 Å². The number of halogens is 1. The van der Waals surface area contributed by atoms with E-state index in [-0.39, 0.29) is 12.1 Å². The van der Waals surface area contributed by atoms with Crippen LogP contribution in [0.25, 0.3) is 0 Å². The van der Waals surface area contributed by atoms with Crippen molar-refractivity contribution in [2.75, 3.05) is 32.7 Å². The van der Waals surface area contributed by atoms with E-state index in [2.05, 4.69) is 46.8 Å². The molecule has 1 aromatic rings. The molecule has 2 heterocycles. The quantitative estimate of drug-likeness (QED) is 0.635. The van der Waals surface area contributed by atoms with Gasteiger partial charge in [-0.15, -0.1) is 0 Å². The van der Waals surface area contributed by atoms with Crippen molar-refractivity contribution in [1.82, 2.24) is 9.80 Å². The van der Waals surface area contributed by atoms with Crippen LogP contribution in [0.2, 0.25) is 0 Å². The fourth-order valence-corrected chi connectivity index (χ4v) is 5.05. The Bertz CT molecular complexity index is 674. The van der Waals surface area contributed by atoms with Crippen molar-refractivity contribution in [3.63, 3.8) is 0 Å². The SMILES string of the molecule is CC(C)Oc1ccc(Br)c(CC2CCN(CCC3CCCN(C(N)=O)C3)CC2)c1. The third kappa shape index (κ3) is 6.88. The highest BCUT2D eigenvalue weighted by molar-refractivity contribution is 9.10. The first kappa shape index (κ1) is 22.4. The fraction of sp³-hybridized carbons (Fsp3) is 0.696. The van der Waals surface area contributed by atoms with Gasteiger partial charge in [-0.3, -0.25) is 0 Å². The maximum absolute atomic E-state index is 11.4. The van der Waals surface area contributed by atoms with Gasteiger partial charge in [0.2, 0.25) is 0 Å². The van der Waals surface area contributed by atoms with Crippen molar-refractivity contribution >= 4 is 22.0 Å². The number of rotatable bonds is 7. The second kappa shape index (κ2) is 10.7. The maximum Gasteiger partial charge on any atom is 0.314 e. The summed E-state index contributed by atoms with van der Waals surface area (Å²) >= 11 is 3.72. The Morgan fingerprint density at radius 2 is 1.97 bits per heavy atom. The lowest BCUT2D eigenvalue weighted by Crippen LogP contribution is -2.44. The summed E-state index contributed by atoms with van der Waals surface area (Å²) in [4.78, 5) is 15.8. The second-order valence-corrected chi connectivity index (χ2v) is 9.84. The van der Waals surface area contributed by atoms with E-state index in [1.807, 2.05) is 11.0 Å². The molecule has 6 heteroatoms. The summed E-state index contributed by atoms with van der Waals surface area (Å²) < 4.78 is 7.05. The van der Waals surface area contributed by atoms with Crippen LogP contribution in [-0.2, 0) is 6.42 Å². The Labute approximate surface area is 184 Å². The number of urea groups is 1. The number of ether oxygens (including phenoxy) is 1. The summed E-state index contributed by atoms with van der Waals surface area (Å²) in [5.74, 6) is 2.30. The zero-order valence-electron chi connectivity index (χ0n) is 17.9. The minimum atomic E-state index is -0.260. The van der Waals surface area contributed by atoms with Crippen molar-refractivity contribution in [3.05, 3.63) is 28.2 Å². The Morgan fingerprint density at radius 3 is 2.66 bits per heavy atom. The van der Waals surface area contributed by atoms with E-state index in [0.717, 1.165) is 44.1 Å². The molecule has 29 heavy (non-hydrogen) atoms. The van der Waals surface area contributed by atoms with Crippen LogP contribution >= 0.6 is 15.9 Å². The lowest BCUT2D eigenvalue weighted by Gasteiger charge is -2.35. The molecule has 0 radical (unpaired) electrons. The zero-order chi connectivity index (χ0) is 20.8. The molecule has 0 spiro atoms. The highest BCUT2D eigenvalue weighted by Gasteiger charge is 2.24. The Kier molecular flexibility index (Phi) is 8.25. The highest BCUT2D eigenvalue weighted by Crippen LogP contribution is 2.29. The molecule has 0 aromatic heterocycles. The molecule has 1 aromatic carbocycles. The third-order valence-corrected chi connectivity index (χ3v) is 7.06. The number of carbonyl (C=O) groups is 1. The molecule has 162 valence electrons. The highest BCUT2D eigenvalue weighted by atomic mass is 79.9. The van der Waals surface area contributed by atoms with Crippen molar-refractivity contribution in [2.45, 2.75) is 58.5 Å². The monoisotopic (exact) mass is 465 g/mol. The number of nitrogens with two attached hydrogens (primary N) is 1. The van der Waals surface area contributed by atoms with Crippen LogP contribution in [0.3, 0.4) is 0 Å². The van der Waals surface area contributed by atoms with E-state index >= 15 is 0 Å². The van der Waals surface area contributed by atoms with Crippen molar-refractivity contribution < 1.29 is 9.53 Å². The topological polar surface area (TPSA) is 58.8 Å². The van der Waals surface area contributed by atoms with Gasteiger partial charge in [-0.2, -0.15) is 0 Å². The van der Waals surface area contributed by atoms with Gasteiger partial charge >= 0.3 is 6.03 Å². The average molecular weight is 466 g/mol. The second-order valence-electron chi connectivity index (χ2n) is 8.99. The van der Waals surface area contributed by atoms with Gasteiger partial charge in [0, 0.05) is 17.6 Å². The lowest BCUT2D eigenvalue weighted by atomic mass is 9.89. The van der Waals surface area contributed by atoms with Gasteiger partial charge in [-0.1, -0.05) is 15.9 Å². The van der Waals surface area contributed by atoms with Crippen molar-refractivity contribution in [2.24, 2.45) is 17.6 Å². The summed E-state index contributed by atoms with van der Waals surface area (Å²) in [6.45, 7) is 9.30. The van der Waals surface area contributed by atoms with E-state index in [9.17, 15) is 4.79 Å². The average Bonchev–Trinajstić information content (AvgIpc) is 2.70. The minimum Gasteiger partial charge on any atom is -0.491 e. The molecule has 0 aliphatic carbocycles. The lowest BCUT2D eigenvalue weighted by molar-refractivity contribution is 0.144. The van der Waals surface area contributed by atoms with E-state index in [0.29, 0.717) is 5.92 Å². The fourth-order valence-electron chi connectivity index (χ4n) is 4.64. The standard InChI is InChI=1S/C23H36BrN3O2/c1-17(2)29-21-5-6-22(24)20(15-21)14-18-7-11-26(12-8-18)13-9-19-4-3-10-27(16-19)23(25)28/h5-6,15,17-19H,3-4,7-14,16H2,1-2H3,(H2,25,28). The van der Waals surface area contributed by atoms with Crippen LogP contribution < -0.4 is 10.5 Å². The van der Waals surface area contributed by atoms with Crippen LogP contribution in [0.4, 0.5) is 4.79 Å². The largest absolute Gasteiger partial charge is 0.491 e. The molecule has 2 fully saturated rings. The van der Waals surface area contributed by atoms with E-state index in [4.69, 9.17) is 10.5 Å². The van der Waals surface area contributed by atoms with Crippen LogP contribution in [0, 0.1) is 11.8 Å². The molecule has 3 rings (SSSR count). The van der Waals surface area contributed by atoms with Gasteiger partial charge in [-0.25, -0.2) is 4.79 Å². The first-order valence-electron chi connectivity index (χ1n) is 11.1. The number of hydrogen-bond acceptors (Lipinski definition) is 3. The van der Waals surface area contributed by atoms with Gasteiger partial charge in [0.05, 0.1) is 6.10 Å². The summed E-state index contributed by atoms with van der Waals surface area (Å²) in [5.41, 5.74) is 6.81. The molecule has 2 aliphatic rings. The summed E-state index contributed by atoms with van der Waals surface area (Å²) in [6, 6.07) is 6.09. The number of amides is 2. The Hall–Kier alpha value is -1.27. The Morgan fingerprint density at radius 1 is 1.21 bits per heavy atom. The van der Waals surface area contributed by atoms with Gasteiger partial charge in [0.1, 0.15) is 5.75 Å². The van der Waals surface area contributed by atoms with Gasteiger partial charge < -0.3 is 20.3 Å². The molecule has 2 saturated heterocycles. The maximum atomic E-state index is 11.4. The number of carbonyl (C=O) groups excluding carboxylic acids is 1. The van der Waals surface area contributed by atoms with E-state index in [1.165, 1.54) is 48.8 Å². The predicted molar refractivity (Wildman–Crippen MR) is 121 cm³/mol. The van der Waals surface area contributed by atoms with Gasteiger partial charge in [0.25, 0.3) is 0 Å². The molecule has 0 saturated carbocycles. The summed E-state index contributed by atoms with van der Waals surface area (Å²) in [7, 11) is 0. The molecule has 2 amide bonds. The summed E-state index contributed by atoms with van der Waals surface area (Å²) in [6.07, 6.45) is 7.30. The molecular weight excluding hydrogens is 430 g/mol. The van der Waals surface area contributed by atoms with Crippen molar-refractivity contribution in [3.8, 4) is 5.75 Å². The zero-order valence-corrected chi connectivity index (χ0v) is 19.5. The van der Waals surface area contributed by atoms with Crippen molar-refractivity contribution in [1.29, 1.82) is 0 Å². The molecule has 2 aliphatic heterocycles. The minimum absolute atomic E-state index is 0.200. The normalized spacial score (nSPS) is 21.5. The number of hydrogen-bond donors (Lipinski definition) is 1. The number of benzene rings is 1. The number of piperidine rings is 2. The molecular formula is C23H36BrN3O2.